The van der Waals surface area contributed by atoms with Gasteiger partial charge < -0.3 is 9.64 Å². The van der Waals surface area contributed by atoms with Gasteiger partial charge in [0.25, 0.3) is 5.91 Å². The fourth-order valence-corrected chi connectivity index (χ4v) is 2.32. The highest BCUT2D eigenvalue weighted by molar-refractivity contribution is 9.10. The van der Waals surface area contributed by atoms with E-state index in [0.717, 1.165) is 16.1 Å². The number of ether oxygens (including phenoxy) is 1. The summed E-state index contributed by atoms with van der Waals surface area (Å²) in [7, 11) is 1.62. The Bertz CT molecular complexity index is 720. The van der Waals surface area contributed by atoms with Crippen molar-refractivity contribution >= 4 is 27.8 Å². The van der Waals surface area contributed by atoms with E-state index in [-0.39, 0.29) is 11.5 Å². The number of nitrogens with zero attached hydrogens (tertiary/aromatic N) is 1. The Hall–Kier alpha value is -2.21. The van der Waals surface area contributed by atoms with Crippen LogP contribution in [0.4, 0.5) is 4.39 Å². The summed E-state index contributed by atoms with van der Waals surface area (Å²) in [5.41, 5.74) is 1.02. The molecule has 2 aromatic rings. The standard InChI is InChI=1S/C17H15BrFNO3/c1-20(10-13-5-2-3-8-15(13)18)16(21)11-23-17(22)12-6-4-7-14(19)9-12/h2-9H,10-11H2,1H3. The molecule has 0 aliphatic heterocycles. The van der Waals surface area contributed by atoms with Crippen molar-refractivity contribution in [2.24, 2.45) is 0 Å². The van der Waals surface area contributed by atoms with E-state index in [2.05, 4.69) is 15.9 Å². The molecule has 0 aliphatic rings. The van der Waals surface area contributed by atoms with Crippen LogP contribution in [0.3, 0.4) is 0 Å². The first kappa shape index (κ1) is 17.1. The molecule has 0 aliphatic carbocycles. The Kier molecular flexibility index (Phi) is 5.87. The van der Waals surface area contributed by atoms with E-state index in [0.29, 0.717) is 6.54 Å². The summed E-state index contributed by atoms with van der Waals surface area (Å²) < 4.78 is 18.9. The number of hydrogen-bond acceptors (Lipinski definition) is 3. The maximum Gasteiger partial charge on any atom is 0.338 e. The van der Waals surface area contributed by atoms with Gasteiger partial charge in [0, 0.05) is 18.1 Å². The molecule has 0 spiro atoms. The van der Waals surface area contributed by atoms with Crippen molar-refractivity contribution in [3.63, 3.8) is 0 Å². The zero-order chi connectivity index (χ0) is 16.8. The molecule has 120 valence electrons. The van der Waals surface area contributed by atoms with E-state index in [4.69, 9.17) is 4.74 Å². The molecule has 2 rings (SSSR count). The second-order valence-corrected chi connectivity index (χ2v) is 5.78. The van der Waals surface area contributed by atoms with Crippen LogP contribution in [-0.4, -0.2) is 30.4 Å². The Morgan fingerprint density at radius 3 is 2.61 bits per heavy atom. The molecule has 0 fully saturated rings. The third-order valence-corrected chi connectivity index (χ3v) is 3.95. The van der Waals surface area contributed by atoms with Gasteiger partial charge in [-0.15, -0.1) is 0 Å². The largest absolute Gasteiger partial charge is 0.452 e. The lowest BCUT2D eigenvalue weighted by Gasteiger charge is -2.18. The van der Waals surface area contributed by atoms with Crippen LogP contribution in [-0.2, 0) is 16.1 Å². The van der Waals surface area contributed by atoms with Crippen molar-refractivity contribution < 1.29 is 18.7 Å². The van der Waals surface area contributed by atoms with Crippen LogP contribution in [0, 0.1) is 5.82 Å². The van der Waals surface area contributed by atoms with E-state index in [1.54, 1.807) is 7.05 Å². The van der Waals surface area contributed by atoms with Gasteiger partial charge in [0.05, 0.1) is 5.56 Å². The van der Waals surface area contributed by atoms with Gasteiger partial charge in [-0.2, -0.15) is 0 Å². The average molecular weight is 380 g/mol. The Labute approximate surface area is 142 Å². The third kappa shape index (κ3) is 4.89. The van der Waals surface area contributed by atoms with Crippen LogP contribution < -0.4 is 0 Å². The first-order valence-electron chi connectivity index (χ1n) is 6.87. The second-order valence-electron chi connectivity index (χ2n) is 4.93. The highest BCUT2D eigenvalue weighted by atomic mass is 79.9. The first-order chi connectivity index (χ1) is 11.0. The van der Waals surface area contributed by atoms with Crippen LogP contribution in [0.5, 0.6) is 0 Å². The van der Waals surface area contributed by atoms with Gasteiger partial charge in [0.15, 0.2) is 6.61 Å². The van der Waals surface area contributed by atoms with Crippen molar-refractivity contribution in [3.05, 3.63) is 69.9 Å². The van der Waals surface area contributed by atoms with Crippen LogP contribution in [0.25, 0.3) is 0 Å². The topological polar surface area (TPSA) is 46.6 Å². The normalized spacial score (nSPS) is 10.2. The van der Waals surface area contributed by atoms with E-state index >= 15 is 0 Å². The zero-order valence-corrected chi connectivity index (χ0v) is 14.0. The molecule has 0 aromatic heterocycles. The molecule has 0 saturated carbocycles. The van der Waals surface area contributed by atoms with Crippen LogP contribution in [0.2, 0.25) is 0 Å². The van der Waals surface area contributed by atoms with Crippen molar-refractivity contribution in [1.29, 1.82) is 0 Å². The Morgan fingerprint density at radius 2 is 1.91 bits per heavy atom. The molecular weight excluding hydrogens is 365 g/mol. The minimum atomic E-state index is -0.729. The summed E-state index contributed by atoms with van der Waals surface area (Å²) in [4.78, 5) is 25.2. The SMILES string of the molecule is CN(Cc1ccccc1Br)C(=O)COC(=O)c1cccc(F)c1. The molecule has 0 saturated heterocycles. The predicted molar refractivity (Wildman–Crippen MR) is 87.3 cm³/mol. The second kappa shape index (κ2) is 7.87. The minimum absolute atomic E-state index is 0.0752. The number of carbonyl (C=O) groups is 2. The predicted octanol–water partition coefficient (Wildman–Crippen LogP) is 3.40. The number of rotatable bonds is 5. The molecule has 2 aromatic carbocycles. The Balaban J connectivity index is 1.89. The number of benzene rings is 2. The molecule has 0 heterocycles. The van der Waals surface area contributed by atoms with E-state index in [9.17, 15) is 14.0 Å². The highest BCUT2D eigenvalue weighted by Gasteiger charge is 2.15. The van der Waals surface area contributed by atoms with Gasteiger partial charge in [-0.1, -0.05) is 40.2 Å². The van der Waals surface area contributed by atoms with Gasteiger partial charge in [-0.05, 0) is 29.8 Å². The number of carbonyl (C=O) groups excluding carboxylic acids is 2. The summed E-state index contributed by atoms with van der Waals surface area (Å²) in [6.45, 7) is -0.00588. The molecule has 6 heteroatoms. The molecule has 0 unspecified atom stereocenters. The molecule has 23 heavy (non-hydrogen) atoms. The highest BCUT2D eigenvalue weighted by Crippen LogP contribution is 2.17. The molecular formula is C17H15BrFNO3. The van der Waals surface area contributed by atoms with Gasteiger partial charge in [-0.25, -0.2) is 9.18 Å². The van der Waals surface area contributed by atoms with E-state index in [1.165, 1.54) is 23.1 Å². The van der Waals surface area contributed by atoms with Gasteiger partial charge in [0.2, 0.25) is 0 Å². The number of amides is 1. The smallest absolute Gasteiger partial charge is 0.338 e. The number of likely N-dealkylation sites (N-methyl/N-ethyl adjacent to an activating group) is 1. The fraction of sp³-hybridized carbons (Fsp3) is 0.176. The molecule has 0 radical (unpaired) electrons. The van der Waals surface area contributed by atoms with Crippen LogP contribution >= 0.6 is 15.9 Å². The molecule has 0 N–H and O–H groups in total. The summed E-state index contributed by atoms with van der Waals surface area (Å²) >= 11 is 3.41. The third-order valence-electron chi connectivity index (χ3n) is 3.18. The van der Waals surface area contributed by atoms with Gasteiger partial charge in [0.1, 0.15) is 5.82 Å². The summed E-state index contributed by atoms with van der Waals surface area (Å²) in [6.07, 6.45) is 0. The van der Waals surface area contributed by atoms with Crippen LogP contribution in [0.15, 0.2) is 53.0 Å². The summed E-state index contributed by atoms with van der Waals surface area (Å²) in [5, 5.41) is 0. The number of hydrogen-bond donors (Lipinski definition) is 0. The number of halogens is 2. The summed E-state index contributed by atoms with van der Waals surface area (Å²) in [6, 6.07) is 12.7. The van der Waals surface area contributed by atoms with Crippen molar-refractivity contribution in [1.82, 2.24) is 4.90 Å². The molecule has 4 nitrogen and oxygen atoms in total. The van der Waals surface area contributed by atoms with E-state index in [1.807, 2.05) is 24.3 Å². The van der Waals surface area contributed by atoms with E-state index < -0.39 is 18.4 Å². The fourth-order valence-electron chi connectivity index (χ4n) is 1.91. The lowest BCUT2D eigenvalue weighted by Crippen LogP contribution is -2.31. The molecule has 1 amide bonds. The molecule has 0 atom stereocenters. The monoisotopic (exact) mass is 379 g/mol. The maximum atomic E-state index is 13.0. The maximum absolute atomic E-state index is 13.0. The zero-order valence-electron chi connectivity index (χ0n) is 12.5. The summed E-state index contributed by atoms with van der Waals surface area (Å²) in [5.74, 6) is -1.60. The quantitative estimate of drug-likeness (QED) is 0.747. The van der Waals surface area contributed by atoms with Gasteiger partial charge in [-0.3, -0.25) is 4.79 Å². The van der Waals surface area contributed by atoms with Crippen molar-refractivity contribution in [2.45, 2.75) is 6.54 Å². The van der Waals surface area contributed by atoms with Crippen molar-refractivity contribution in [3.8, 4) is 0 Å². The van der Waals surface area contributed by atoms with Crippen LogP contribution in [0.1, 0.15) is 15.9 Å². The lowest BCUT2D eigenvalue weighted by atomic mass is 10.2. The van der Waals surface area contributed by atoms with Crippen molar-refractivity contribution in [2.75, 3.05) is 13.7 Å². The number of esters is 1. The Morgan fingerprint density at radius 1 is 1.17 bits per heavy atom. The lowest BCUT2D eigenvalue weighted by molar-refractivity contribution is -0.133. The van der Waals surface area contributed by atoms with Gasteiger partial charge >= 0.3 is 5.97 Å². The molecule has 0 bridgehead atoms. The first-order valence-corrected chi connectivity index (χ1v) is 7.66. The minimum Gasteiger partial charge on any atom is -0.452 e. The average Bonchev–Trinajstić information content (AvgIpc) is 2.54.